The van der Waals surface area contributed by atoms with Gasteiger partial charge in [-0.05, 0) is 5.75 Å². The third kappa shape index (κ3) is 18.7. The van der Waals surface area contributed by atoms with Crippen LogP contribution in [0.1, 0.15) is 0 Å². The Kier molecular flexibility index (Phi) is 29.9. The minimum Gasteiger partial charge on any atom is -0.854 e. The van der Waals surface area contributed by atoms with Crippen molar-refractivity contribution in [3.05, 3.63) is 0 Å². The third-order valence-electron chi connectivity index (χ3n) is 0.303. The van der Waals surface area contributed by atoms with Gasteiger partial charge in [0.1, 0.15) is 0 Å². The molecule has 0 spiro atoms. The Labute approximate surface area is 156 Å². The molecule has 0 bridgehead atoms. The monoisotopic (exact) mass is 230 g/mol. The summed E-state index contributed by atoms with van der Waals surface area (Å²) in [6.07, 6.45) is 0. The molecule has 0 aliphatic carbocycles. The van der Waals surface area contributed by atoms with Crippen LogP contribution in [-0.2, 0) is 12.6 Å². The van der Waals surface area contributed by atoms with E-state index in [1.807, 2.05) is 0 Å². The number of thioether (sulfide) groups is 1. The van der Waals surface area contributed by atoms with Crippen molar-refractivity contribution >= 4 is 40.1 Å². The Morgan fingerprint density at radius 2 is 2.00 bits per heavy atom. The molecule has 0 aromatic heterocycles. The normalized spacial score (nSPS) is 6.78. The summed E-state index contributed by atoms with van der Waals surface area (Å²) in [5, 5.41) is 9.71. The topological polar surface area (TPSA) is 23.1 Å². The van der Waals surface area contributed by atoms with Crippen molar-refractivity contribution in [2.24, 2.45) is 0 Å². The average molecular weight is 230 g/mol. The Morgan fingerprint density at radius 1 is 1.56 bits per heavy atom. The maximum absolute atomic E-state index is 9.71. The Hall–Kier alpha value is 3.89. The predicted octanol–water partition coefficient (Wildman–Crippen LogP) is -6.08. The van der Waals surface area contributed by atoms with Crippen LogP contribution in [0.15, 0.2) is 0 Å². The molecule has 0 N–H and O–H groups in total. The van der Waals surface area contributed by atoms with Crippen LogP contribution in [-0.4, -0.2) is 15.9 Å². The van der Waals surface area contributed by atoms with Crippen molar-refractivity contribution < 1.29 is 108 Å². The van der Waals surface area contributed by atoms with Gasteiger partial charge in [-0.3, -0.25) is 0 Å². The first kappa shape index (κ1) is 18.6. The van der Waals surface area contributed by atoms with E-state index in [9.17, 15) is 5.11 Å². The van der Waals surface area contributed by atoms with Gasteiger partial charge in [0.15, 0.2) is 0 Å². The summed E-state index contributed by atoms with van der Waals surface area (Å²) < 4.78 is 0.441. The van der Waals surface area contributed by atoms with Crippen LogP contribution in [0.25, 0.3) is 0 Å². The fraction of sp³-hybridized carbons (Fsp3) is 0.667. The van der Waals surface area contributed by atoms with E-state index in [-0.39, 0.29) is 109 Å². The Balaban J connectivity index is -0.000000180. The summed E-state index contributed by atoms with van der Waals surface area (Å²) in [5.74, 6) is 0.516. The van der Waals surface area contributed by atoms with Crippen molar-refractivity contribution in [2.45, 2.75) is 0 Å². The first-order valence-electron chi connectivity index (χ1n) is 1.69. The standard InChI is InChI=1S/C3H5OS3.2K/c4-1-2-7-3(5)6;;/h1-2H2,(H,5,6);;/q-1;2*+1/p-1. The number of thiocarbonyl (C=S) groups is 1. The molecule has 0 saturated heterocycles. The van der Waals surface area contributed by atoms with Crippen LogP contribution in [0.3, 0.4) is 0 Å². The molecule has 0 aliphatic rings. The molecule has 0 rings (SSSR count). The zero-order chi connectivity index (χ0) is 5.70. The van der Waals surface area contributed by atoms with Gasteiger partial charge >= 0.3 is 103 Å². The van der Waals surface area contributed by atoms with Gasteiger partial charge in [-0.1, -0.05) is 3.53 Å². The SMILES string of the molecule is [K+].[K+].[O-]CCSC(=S)[S-]. The first-order valence-corrected chi connectivity index (χ1v) is 3.49. The van der Waals surface area contributed by atoms with Gasteiger partial charge in [0.05, 0.1) is 0 Å². The number of hydrogen-bond donors (Lipinski definition) is 0. The molecule has 1 nitrogen and oxygen atoms in total. The van der Waals surface area contributed by atoms with Crippen LogP contribution in [0, 0.1) is 0 Å². The van der Waals surface area contributed by atoms with Crippen molar-refractivity contribution in [1.82, 2.24) is 0 Å². The first-order chi connectivity index (χ1) is 3.27. The second-order valence-corrected chi connectivity index (χ2v) is 3.50. The van der Waals surface area contributed by atoms with E-state index in [0.29, 0.717) is 9.28 Å². The minimum absolute atomic E-state index is 0. The predicted molar refractivity (Wildman–Crippen MR) is 37.3 cm³/mol. The maximum atomic E-state index is 9.71. The maximum Gasteiger partial charge on any atom is 1.00 e. The summed E-state index contributed by atoms with van der Waals surface area (Å²) in [6, 6.07) is 0. The summed E-state index contributed by atoms with van der Waals surface area (Å²) in [5.41, 5.74) is 0. The molecule has 6 heteroatoms. The summed E-state index contributed by atoms with van der Waals surface area (Å²) in [7, 11) is 0. The molecule has 0 unspecified atom stereocenters. The molecular formula is C3H4K2OS3. The largest absolute Gasteiger partial charge is 1.00 e. The van der Waals surface area contributed by atoms with Crippen LogP contribution in [0.4, 0.5) is 0 Å². The molecule has 0 radical (unpaired) electrons. The number of rotatable bonds is 2. The van der Waals surface area contributed by atoms with E-state index in [1.165, 1.54) is 11.8 Å². The zero-order valence-electron chi connectivity index (χ0n) is 5.55. The molecule has 42 valence electrons. The summed E-state index contributed by atoms with van der Waals surface area (Å²) in [4.78, 5) is 0. The van der Waals surface area contributed by atoms with E-state index in [4.69, 9.17) is 0 Å². The van der Waals surface area contributed by atoms with E-state index >= 15 is 0 Å². The van der Waals surface area contributed by atoms with Crippen LogP contribution in [0.5, 0.6) is 0 Å². The van der Waals surface area contributed by atoms with Gasteiger partial charge in [-0.15, -0.1) is 18.4 Å². The van der Waals surface area contributed by atoms with Crippen molar-refractivity contribution in [3.8, 4) is 0 Å². The van der Waals surface area contributed by atoms with Crippen molar-refractivity contribution in [2.75, 3.05) is 12.4 Å². The molecule has 0 fully saturated rings. The fourth-order valence-corrected chi connectivity index (χ4v) is 0.875. The van der Waals surface area contributed by atoms with Crippen LogP contribution >= 0.6 is 24.0 Å². The van der Waals surface area contributed by atoms with E-state index in [1.54, 1.807) is 0 Å². The van der Waals surface area contributed by atoms with Gasteiger partial charge in [-0.25, -0.2) is 0 Å². The van der Waals surface area contributed by atoms with Gasteiger partial charge in [0.25, 0.3) is 0 Å². The minimum atomic E-state index is -0.0958. The smallest absolute Gasteiger partial charge is 0.854 e. The Morgan fingerprint density at radius 3 is 2.11 bits per heavy atom. The van der Waals surface area contributed by atoms with Gasteiger partial charge in [0.2, 0.25) is 0 Å². The molecular weight excluding hydrogens is 226 g/mol. The van der Waals surface area contributed by atoms with Gasteiger partial charge in [0, 0.05) is 0 Å². The van der Waals surface area contributed by atoms with E-state index in [2.05, 4.69) is 24.8 Å². The number of hydrogen-bond acceptors (Lipinski definition) is 4. The molecule has 0 saturated carbocycles. The molecule has 0 amide bonds. The zero-order valence-corrected chi connectivity index (χ0v) is 14.2. The second kappa shape index (κ2) is 14.4. The molecule has 0 atom stereocenters. The molecule has 0 aromatic carbocycles. The van der Waals surface area contributed by atoms with Crippen LogP contribution < -0.4 is 108 Å². The van der Waals surface area contributed by atoms with Crippen molar-refractivity contribution in [3.63, 3.8) is 0 Å². The van der Waals surface area contributed by atoms with Crippen LogP contribution in [0.2, 0.25) is 0 Å². The molecule has 0 aromatic rings. The van der Waals surface area contributed by atoms with E-state index < -0.39 is 0 Å². The fourth-order valence-electron chi connectivity index (χ4n) is 0.125. The van der Waals surface area contributed by atoms with Gasteiger partial charge in [-0.2, -0.15) is 0 Å². The Bertz CT molecular complexity index is 70.1. The quantitative estimate of drug-likeness (QED) is 0.268. The van der Waals surface area contributed by atoms with Gasteiger partial charge < -0.3 is 30.0 Å². The van der Waals surface area contributed by atoms with Crippen molar-refractivity contribution in [1.29, 1.82) is 0 Å². The molecule has 9 heavy (non-hydrogen) atoms. The summed E-state index contributed by atoms with van der Waals surface area (Å²) >= 11 is 10.3. The molecule has 0 heterocycles. The third-order valence-corrected chi connectivity index (χ3v) is 1.62. The van der Waals surface area contributed by atoms with E-state index in [0.717, 1.165) is 0 Å². The molecule has 0 aliphatic heterocycles. The summed E-state index contributed by atoms with van der Waals surface area (Å²) in [6.45, 7) is -0.0958. The second-order valence-electron chi connectivity index (χ2n) is 0.803. The average Bonchev–Trinajstić information content (AvgIpc) is 1.61.